The molecule has 2 unspecified atom stereocenters. The van der Waals surface area contributed by atoms with E-state index < -0.39 is 23.7 Å². The molecule has 138 valence electrons. The summed E-state index contributed by atoms with van der Waals surface area (Å²) < 4.78 is 39.6. The van der Waals surface area contributed by atoms with E-state index in [0.29, 0.717) is 18.8 Å². The largest absolute Gasteiger partial charge is 0.417 e. The lowest BCUT2D eigenvalue weighted by atomic mass is 10.2. The Morgan fingerprint density at radius 2 is 2.04 bits per heavy atom. The summed E-state index contributed by atoms with van der Waals surface area (Å²) in [7, 11) is 0. The van der Waals surface area contributed by atoms with Crippen molar-refractivity contribution < 1.29 is 18.0 Å². The van der Waals surface area contributed by atoms with Crippen LogP contribution in [-0.2, 0) is 11.0 Å². The number of hydrogen-bond donors (Lipinski definition) is 1. The Bertz CT molecular complexity index is 820. The fourth-order valence-electron chi connectivity index (χ4n) is 2.87. The zero-order valence-electron chi connectivity index (χ0n) is 13.3. The second-order valence-electron chi connectivity index (χ2n) is 5.72. The first kappa shape index (κ1) is 18.8. The van der Waals surface area contributed by atoms with Crippen molar-refractivity contribution in [2.75, 3.05) is 11.4 Å². The van der Waals surface area contributed by atoms with E-state index in [4.69, 9.17) is 17.3 Å². The van der Waals surface area contributed by atoms with E-state index in [9.17, 15) is 18.0 Å². The Labute approximate surface area is 156 Å². The molecule has 26 heavy (non-hydrogen) atoms. The fourth-order valence-corrected chi connectivity index (χ4v) is 4.36. The fraction of sp³-hybridized carbons (Fsp3) is 0.312. The average Bonchev–Trinajstić information content (AvgIpc) is 2.98. The standard InChI is InChI=1S/C16H14ClF3N4OS/c17-15-22-6-5-13(23-15)24-8-9(7-11(24)14(21)25)26-12-4-2-1-3-10(12)16(18,19)20/h1-6,9,11H,7-8H2,(H2,21,25). The summed E-state index contributed by atoms with van der Waals surface area (Å²) in [5, 5.41) is -0.242. The first-order valence-electron chi connectivity index (χ1n) is 7.63. The molecule has 10 heteroatoms. The van der Waals surface area contributed by atoms with E-state index in [1.165, 1.54) is 18.3 Å². The van der Waals surface area contributed by atoms with E-state index >= 15 is 0 Å². The molecule has 1 amide bonds. The van der Waals surface area contributed by atoms with Crippen LogP contribution in [0.1, 0.15) is 12.0 Å². The molecule has 1 aliphatic heterocycles. The lowest BCUT2D eigenvalue weighted by Gasteiger charge is -2.22. The van der Waals surface area contributed by atoms with Gasteiger partial charge in [0.15, 0.2) is 0 Å². The molecule has 0 saturated carbocycles. The Hall–Kier alpha value is -2.00. The van der Waals surface area contributed by atoms with Crippen molar-refractivity contribution in [3.8, 4) is 0 Å². The lowest BCUT2D eigenvalue weighted by Crippen LogP contribution is -2.40. The molecule has 2 aromatic rings. The molecule has 1 aliphatic rings. The molecule has 3 rings (SSSR count). The van der Waals surface area contributed by atoms with E-state index in [1.807, 2.05) is 0 Å². The Morgan fingerprint density at radius 1 is 1.31 bits per heavy atom. The van der Waals surface area contributed by atoms with Crippen molar-refractivity contribution in [3.05, 3.63) is 47.4 Å². The number of nitrogens with two attached hydrogens (primary N) is 1. The van der Waals surface area contributed by atoms with Crippen molar-refractivity contribution in [2.24, 2.45) is 5.73 Å². The maximum absolute atomic E-state index is 13.2. The van der Waals surface area contributed by atoms with Gasteiger partial charge in [-0.3, -0.25) is 4.79 Å². The van der Waals surface area contributed by atoms with Crippen molar-refractivity contribution in [2.45, 2.75) is 28.8 Å². The van der Waals surface area contributed by atoms with Crippen LogP contribution in [0.3, 0.4) is 0 Å². The number of benzene rings is 1. The summed E-state index contributed by atoms with van der Waals surface area (Å²) >= 11 is 6.88. The second-order valence-corrected chi connectivity index (χ2v) is 7.40. The maximum Gasteiger partial charge on any atom is 0.417 e. The number of thioether (sulfide) groups is 1. The van der Waals surface area contributed by atoms with Crippen LogP contribution in [0.4, 0.5) is 19.0 Å². The highest BCUT2D eigenvalue weighted by molar-refractivity contribution is 8.00. The highest BCUT2D eigenvalue weighted by Gasteiger charge is 2.39. The van der Waals surface area contributed by atoms with Gasteiger partial charge in [-0.25, -0.2) is 9.97 Å². The van der Waals surface area contributed by atoms with Gasteiger partial charge in [0, 0.05) is 22.9 Å². The highest BCUT2D eigenvalue weighted by atomic mass is 35.5. The first-order chi connectivity index (χ1) is 12.3. The molecular formula is C16H14ClF3N4OS. The zero-order valence-corrected chi connectivity index (χ0v) is 14.9. The number of aromatic nitrogens is 2. The predicted octanol–water partition coefficient (Wildman–Crippen LogP) is 3.37. The van der Waals surface area contributed by atoms with Crippen LogP contribution in [0.2, 0.25) is 5.28 Å². The van der Waals surface area contributed by atoms with Gasteiger partial charge in [0.25, 0.3) is 0 Å². The molecule has 0 radical (unpaired) electrons. The molecular weight excluding hydrogens is 389 g/mol. The minimum absolute atomic E-state index is 0.0178. The number of halogens is 4. The summed E-state index contributed by atoms with van der Waals surface area (Å²) in [4.78, 5) is 21.4. The molecule has 0 aliphatic carbocycles. The summed E-state index contributed by atoms with van der Waals surface area (Å²) in [5.74, 6) is -0.145. The van der Waals surface area contributed by atoms with E-state index in [2.05, 4.69) is 9.97 Å². The topological polar surface area (TPSA) is 72.1 Å². The van der Waals surface area contributed by atoms with Crippen molar-refractivity contribution >= 4 is 35.1 Å². The van der Waals surface area contributed by atoms with Crippen LogP contribution in [0.5, 0.6) is 0 Å². The number of nitrogens with zero attached hydrogens (tertiary/aromatic N) is 3. The van der Waals surface area contributed by atoms with Crippen molar-refractivity contribution in [1.82, 2.24) is 9.97 Å². The number of rotatable bonds is 4. The number of primary amides is 1. The van der Waals surface area contributed by atoms with E-state index in [1.54, 1.807) is 17.0 Å². The predicted molar refractivity (Wildman–Crippen MR) is 93.1 cm³/mol. The van der Waals surface area contributed by atoms with Crippen LogP contribution >= 0.6 is 23.4 Å². The molecule has 5 nitrogen and oxygen atoms in total. The first-order valence-corrected chi connectivity index (χ1v) is 8.89. The van der Waals surface area contributed by atoms with Gasteiger partial charge in [0.1, 0.15) is 11.9 Å². The molecule has 2 heterocycles. The summed E-state index contributed by atoms with van der Waals surface area (Å²) in [6, 6.07) is 6.29. The molecule has 1 saturated heterocycles. The third-order valence-corrected chi connectivity index (χ3v) is 5.45. The lowest BCUT2D eigenvalue weighted by molar-refractivity contribution is -0.139. The van der Waals surface area contributed by atoms with Gasteiger partial charge >= 0.3 is 6.18 Å². The van der Waals surface area contributed by atoms with Crippen molar-refractivity contribution in [3.63, 3.8) is 0 Å². The normalized spacial score (nSPS) is 20.4. The molecule has 0 spiro atoms. The third kappa shape index (κ3) is 4.04. The number of carbonyl (C=O) groups is 1. The van der Waals surface area contributed by atoms with Crippen LogP contribution in [0, 0.1) is 0 Å². The highest BCUT2D eigenvalue weighted by Crippen LogP contribution is 2.41. The number of carbonyl (C=O) groups excluding carboxylic acids is 1. The van der Waals surface area contributed by atoms with Crippen molar-refractivity contribution in [1.29, 1.82) is 0 Å². The Balaban J connectivity index is 1.84. The quantitative estimate of drug-likeness (QED) is 0.794. The second kappa shape index (κ2) is 7.32. The van der Waals surface area contributed by atoms with Gasteiger partial charge in [-0.2, -0.15) is 13.2 Å². The zero-order chi connectivity index (χ0) is 18.9. The maximum atomic E-state index is 13.2. The molecule has 1 aromatic carbocycles. The van der Waals surface area contributed by atoms with Crippen LogP contribution in [0.25, 0.3) is 0 Å². The molecule has 1 aromatic heterocycles. The van der Waals surface area contributed by atoms with E-state index in [-0.39, 0.29) is 15.4 Å². The summed E-state index contributed by atoms with van der Waals surface area (Å²) in [5.41, 5.74) is 4.78. The van der Waals surface area contributed by atoms with Gasteiger partial charge in [0.05, 0.1) is 5.56 Å². The number of hydrogen-bond acceptors (Lipinski definition) is 5. The van der Waals surface area contributed by atoms with E-state index in [0.717, 1.165) is 17.8 Å². The van der Waals surface area contributed by atoms with Crippen LogP contribution in [0.15, 0.2) is 41.4 Å². The molecule has 1 fully saturated rings. The minimum Gasteiger partial charge on any atom is -0.368 e. The number of alkyl halides is 3. The summed E-state index contributed by atoms with van der Waals surface area (Å²) in [6.45, 7) is 0.317. The molecule has 2 N–H and O–H groups in total. The third-order valence-electron chi connectivity index (χ3n) is 3.98. The van der Waals surface area contributed by atoms with Gasteiger partial charge in [0.2, 0.25) is 11.2 Å². The van der Waals surface area contributed by atoms with Crippen LogP contribution < -0.4 is 10.6 Å². The Morgan fingerprint density at radius 3 is 2.69 bits per heavy atom. The molecule has 2 atom stereocenters. The SMILES string of the molecule is NC(=O)C1CC(Sc2ccccc2C(F)(F)F)CN1c1ccnc(Cl)n1. The smallest absolute Gasteiger partial charge is 0.368 e. The van der Waals surface area contributed by atoms with Crippen LogP contribution in [-0.4, -0.2) is 33.7 Å². The minimum atomic E-state index is -4.44. The van der Waals surface area contributed by atoms with Gasteiger partial charge in [-0.05, 0) is 36.2 Å². The van der Waals surface area contributed by atoms with Gasteiger partial charge in [-0.1, -0.05) is 12.1 Å². The number of amides is 1. The Kier molecular flexibility index (Phi) is 5.29. The van der Waals surface area contributed by atoms with Gasteiger partial charge < -0.3 is 10.6 Å². The average molecular weight is 403 g/mol. The molecule has 0 bridgehead atoms. The van der Waals surface area contributed by atoms with Gasteiger partial charge in [-0.15, -0.1) is 11.8 Å². The summed E-state index contributed by atoms with van der Waals surface area (Å²) in [6.07, 6.45) is -2.68. The number of anilines is 1. The monoisotopic (exact) mass is 402 g/mol.